The van der Waals surface area contributed by atoms with Crippen molar-refractivity contribution in [3.8, 4) is 5.75 Å². The van der Waals surface area contributed by atoms with Crippen LogP contribution < -0.4 is 21.3 Å². The molecule has 38 heavy (non-hydrogen) atoms. The van der Waals surface area contributed by atoms with Crippen LogP contribution in [0.5, 0.6) is 5.75 Å². The third-order valence-electron chi connectivity index (χ3n) is 6.19. The molecular weight excluding hydrogens is 522 g/mol. The molecule has 1 unspecified atom stereocenters. The third kappa shape index (κ3) is 4.78. The van der Waals surface area contributed by atoms with Gasteiger partial charge >= 0.3 is 0 Å². The van der Waals surface area contributed by atoms with Crippen molar-refractivity contribution in [3.63, 3.8) is 0 Å². The number of aromatic nitrogens is 2. The van der Waals surface area contributed by atoms with Crippen molar-refractivity contribution < 1.29 is 9.53 Å². The number of aryl methyl sites for hydroxylation is 2. The number of nitrogens with one attached hydrogen (secondary N) is 2. The van der Waals surface area contributed by atoms with E-state index in [0.29, 0.717) is 43.9 Å². The number of carbonyl (C=O) groups is 1. The Morgan fingerprint density at radius 3 is 2.63 bits per heavy atom. The number of ether oxygens (including phenoxy) is 1. The number of para-hydroxylation sites is 2. The van der Waals surface area contributed by atoms with Crippen molar-refractivity contribution in [2.24, 2.45) is 10.7 Å². The zero-order chi connectivity index (χ0) is 27.0. The topological polar surface area (TPSA) is 122 Å². The van der Waals surface area contributed by atoms with Crippen molar-refractivity contribution >= 4 is 56.6 Å². The van der Waals surface area contributed by atoms with Gasteiger partial charge in [0, 0.05) is 16.8 Å². The molecule has 10 heteroatoms. The average Bonchev–Trinajstić information content (AvgIpc) is 3.23. The minimum atomic E-state index is -0.621. The Labute approximate surface area is 228 Å². The number of H-pyrrole nitrogens is 1. The Morgan fingerprint density at radius 2 is 1.87 bits per heavy atom. The van der Waals surface area contributed by atoms with E-state index >= 15 is 0 Å². The molecule has 0 aliphatic carbocycles. The molecule has 0 saturated carbocycles. The fourth-order valence-corrected chi connectivity index (χ4v) is 5.47. The summed E-state index contributed by atoms with van der Waals surface area (Å²) in [5.74, 6) is 0.289. The van der Waals surface area contributed by atoms with Crippen molar-refractivity contribution in [1.29, 1.82) is 0 Å². The van der Waals surface area contributed by atoms with Crippen LogP contribution in [0.25, 0.3) is 10.9 Å². The van der Waals surface area contributed by atoms with Gasteiger partial charge in [-0.3, -0.25) is 9.59 Å². The summed E-state index contributed by atoms with van der Waals surface area (Å²) in [5, 5.41) is 3.68. The van der Waals surface area contributed by atoms with Crippen molar-refractivity contribution in [1.82, 2.24) is 9.97 Å². The summed E-state index contributed by atoms with van der Waals surface area (Å²) in [5.41, 5.74) is 10.2. The van der Waals surface area contributed by atoms with Gasteiger partial charge in [0.2, 0.25) is 0 Å². The molecule has 0 radical (unpaired) electrons. The second-order valence-corrected chi connectivity index (χ2v) is 10.3. The second-order valence-electron chi connectivity index (χ2n) is 8.76. The van der Waals surface area contributed by atoms with Crippen LogP contribution in [0.1, 0.15) is 22.2 Å². The second kappa shape index (κ2) is 10.4. The summed E-state index contributed by atoms with van der Waals surface area (Å²) < 4.78 is 5.42. The van der Waals surface area contributed by atoms with E-state index in [2.05, 4.69) is 15.3 Å². The largest absolute Gasteiger partial charge is 0.495 e. The molecule has 1 aliphatic heterocycles. The van der Waals surface area contributed by atoms with Crippen LogP contribution >= 0.6 is 23.4 Å². The third-order valence-corrected chi connectivity index (χ3v) is 7.83. The smallest absolute Gasteiger partial charge is 0.260 e. The number of halogens is 1. The van der Waals surface area contributed by atoms with Crippen LogP contribution in [-0.2, 0) is 4.79 Å². The van der Waals surface area contributed by atoms with E-state index in [-0.39, 0.29) is 16.8 Å². The summed E-state index contributed by atoms with van der Waals surface area (Å²) in [4.78, 5) is 38.8. The number of aromatic amines is 1. The Bertz CT molecular complexity index is 1710. The molecule has 1 atom stereocenters. The number of hydrogen-bond donors (Lipinski definition) is 3. The lowest BCUT2D eigenvalue weighted by Crippen LogP contribution is -2.21. The van der Waals surface area contributed by atoms with Gasteiger partial charge in [0.15, 0.2) is 0 Å². The number of hydrogen-bond acceptors (Lipinski definition) is 7. The van der Waals surface area contributed by atoms with Gasteiger partial charge in [-0.05, 0) is 49.2 Å². The van der Waals surface area contributed by atoms with Gasteiger partial charge < -0.3 is 20.8 Å². The van der Waals surface area contributed by atoms with Crippen LogP contribution in [0.15, 0.2) is 81.7 Å². The van der Waals surface area contributed by atoms with E-state index in [9.17, 15) is 9.59 Å². The first-order valence-electron chi connectivity index (χ1n) is 11.7. The molecule has 0 saturated heterocycles. The van der Waals surface area contributed by atoms with Crippen LogP contribution in [-0.4, -0.2) is 28.0 Å². The van der Waals surface area contributed by atoms with Crippen molar-refractivity contribution in [2.45, 2.75) is 19.1 Å². The molecule has 2 heterocycles. The summed E-state index contributed by atoms with van der Waals surface area (Å²) in [6.45, 7) is 3.77. The maximum absolute atomic E-state index is 13.7. The molecule has 4 aromatic rings. The standard InChI is InChI=1S/C28H24ClN5O3S/c1-14-8-4-6-10-18(14)33-28-22(27(36)32-20-12-15(2)17(29)13-21(20)37-3)23(30)24(38-28)25-31-19-11-7-5-9-16(19)26(35)34-25/h4-13,24H,30H2,1-3H3,(H,32,36)(H,31,34,35). The number of nitrogens with zero attached hydrogens (tertiary/aromatic N) is 2. The van der Waals surface area contributed by atoms with Crippen LogP contribution in [0.3, 0.4) is 0 Å². The molecule has 8 nitrogen and oxygen atoms in total. The number of methoxy groups -OCH3 is 1. The van der Waals surface area contributed by atoms with E-state index in [4.69, 9.17) is 27.1 Å². The molecule has 1 amide bonds. The van der Waals surface area contributed by atoms with Gasteiger partial charge in [-0.25, -0.2) is 9.98 Å². The van der Waals surface area contributed by atoms with Crippen LogP contribution in [0.2, 0.25) is 5.02 Å². The normalized spacial score (nSPS) is 16.3. The molecule has 3 aromatic carbocycles. The molecular formula is C28H24ClN5O3S. The summed E-state index contributed by atoms with van der Waals surface area (Å²) in [7, 11) is 1.50. The van der Waals surface area contributed by atoms with Gasteiger partial charge in [0.25, 0.3) is 11.5 Å². The maximum Gasteiger partial charge on any atom is 0.260 e. The zero-order valence-corrected chi connectivity index (χ0v) is 22.4. The number of amides is 1. The highest BCUT2D eigenvalue weighted by molar-refractivity contribution is 8.15. The lowest BCUT2D eigenvalue weighted by atomic mass is 10.1. The van der Waals surface area contributed by atoms with E-state index < -0.39 is 11.2 Å². The molecule has 0 bridgehead atoms. The minimum absolute atomic E-state index is 0.203. The summed E-state index contributed by atoms with van der Waals surface area (Å²) in [6.07, 6.45) is 0. The first-order chi connectivity index (χ1) is 18.3. The lowest BCUT2D eigenvalue weighted by molar-refractivity contribution is -0.112. The molecule has 1 aromatic heterocycles. The van der Waals surface area contributed by atoms with E-state index in [0.717, 1.165) is 11.1 Å². The average molecular weight is 546 g/mol. The van der Waals surface area contributed by atoms with E-state index in [1.54, 1.807) is 30.3 Å². The zero-order valence-electron chi connectivity index (χ0n) is 20.8. The number of anilines is 1. The van der Waals surface area contributed by atoms with Crippen molar-refractivity contribution in [3.05, 3.63) is 104 Å². The SMILES string of the molecule is COc1cc(Cl)c(C)cc1NC(=O)C1=C(N)C(c2nc3ccccc3c(=O)[nH]2)SC1=Nc1ccccc1C. The van der Waals surface area contributed by atoms with E-state index in [1.165, 1.54) is 18.9 Å². The number of aliphatic imine (C=N–C) groups is 1. The lowest BCUT2D eigenvalue weighted by Gasteiger charge is -2.13. The predicted molar refractivity (Wildman–Crippen MR) is 154 cm³/mol. The number of fused-ring (bicyclic) bond motifs is 1. The van der Waals surface area contributed by atoms with Gasteiger partial charge in [-0.2, -0.15) is 0 Å². The Balaban J connectivity index is 1.62. The predicted octanol–water partition coefficient (Wildman–Crippen LogP) is 5.57. The molecule has 192 valence electrons. The number of benzene rings is 3. The van der Waals surface area contributed by atoms with Crippen molar-refractivity contribution in [2.75, 3.05) is 12.4 Å². The highest BCUT2D eigenvalue weighted by atomic mass is 35.5. The molecule has 1 aliphatic rings. The fourth-order valence-electron chi connectivity index (χ4n) is 4.14. The van der Waals surface area contributed by atoms with Gasteiger partial charge in [-0.1, -0.05) is 53.7 Å². The Kier molecular flexibility index (Phi) is 6.96. The van der Waals surface area contributed by atoms with Gasteiger partial charge in [0.05, 0.1) is 35.0 Å². The molecule has 0 spiro atoms. The number of carbonyl (C=O) groups excluding carboxylic acids is 1. The van der Waals surface area contributed by atoms with Gasteiger partial charge in [0.1, 0.15) is 21.9 Å². The Morgan fingerprint density at radius 1 is 1.13 bits per heavy atom. The maximum atomic E-state index is 13.7. The van der Waals surface area contributed by atoms with Gasteiger partial charge in [-0.15, -0.1) is 0 Å². The number of thioether (sulfide) groups is 1. The minimum Gasteiger partial charge on any atom is -0.495 e. The molecule has 0 fully saturated rings. The van der Waals surface area contributed by atoms with Crippen LogP contribution in [0, 0.1) is 13.8 Å². The Hall–Kier alpha value is -4.08. The van der Waals surface area contributed by atoms with E-state index in [1.807, 2.05) is 44.2 Å². The monoisotopic (exact) mass is 545 g/mol. The highest BCUT2D eigenvalue weighted by Crippen LogP contribution is 2.44. The fraction of sp³-hybridized carbons (Fsp3) is 0.143. The first kappa shape index (κ1) is 25.6. The van der Waals surface area contributed by atoms with Crippen LogP contribution in [0.4, 0.5) is 11.4 Å². The molecule has 5 rings (SSSR count). The summed E-state index contributed by atoms with van der Waals surface area (Å²) >= 11 is 7.50. The number of rotatable bonds is 5. The molecule has 4 N–H and O–H groups in total. The summed E-state index contributed by atoms with van der Waals surface area (Å²) in [6, 6.07) is 18.0. The highest BCUT2D eigenvalue weighted by Gasteiger charge is 2.37. The quantitative estimate of drug-likeness (QED) is 0.301. The number of nitrogens with two attached hydrogens (primary N) is 1. The first-order valence-corrected chi connectivity index (χ1v) is 13.0.